The summed E-state index contributed by atoms with van der Waals surface area (Å²) in [4.78, 5) is 0. The fourth-order valence-electron chi connectivity index (χ4n) is 2.46. The molecule has 0 aromatic heterocycles. The Morgan fingerprint density at radius 3 is 2.56 bits per heavy atom. The lowest BCUT2D eigenvalue weighted by Crippen LogP contribution is -2.35. The van der Waals surface area contributed by atoms with E-state index in [2.05, 4.69) is 33.0 Å². The second kappa shape index (κ2) is 8.13. The quantitative estimate of drug-likeness (QED) is 0.711. The minimum atomic E-state index is -0.0557. The van der Waals surface area contributed by atoms with Gasteiger partial charge < -0.3 is 14.8 Å². The summed E-state index contributed by atoms with van der Waals surface area (Å²) in [6, 6.07) is 0.711. The van der Waals surface area contributed by atoms with Gasteiger partial charge >= 0.3 is 0 Å². The van der Waals surface area contributed by atoms with E-state index < -0.39 is 0 Å². The van der Waals surface area contributed by atoms with Crippen molar-refractivity contribution >= 4 is 0 Å². The summed E-state index contributed by atoms with van der Waals surface area (Å²) in [6.07, 6.45) is 5.43. The predicted molar refractivity (Wildman–Crippen MR) is 75.9 cm³/mol. The van der Waals surface area contributed by atoms with Crippen molar-refractivity contribution < 1.29 is 9.47 Å². The van der Waals surface area contributed by atoms with Gasteiger partial charge in [0.05, 0.1) is 25.4 Å². The third kappa shape index (κ3) is 8.06. The molecule has 1 saturated carbocycles. The lowest BCUT2D eigenvalue weighted by molar-refractivity contribution is -0.0345. The van der Waals surface area contributed by atoms with E-state index in [-0.39, 0.29) is 5.60 Å². The van der Waals surface area contributed by atoms with Gasteiger partial charge in [0, 0.05) is 12.6 Å². The Labute approximate surface area is 113 Å². The molecule has 0 amide bonds. The summed E-state index contributed by atoms with van der Waals surface area (Å²) in [6.45, 7) is 11.7. The van der Waals surface area contributed by atoms with E-state index in [1.54, 1.807) is 0 Å². The molecule has 0 aromatic carbocycles. The molecule has 18 heavy (non-hydrogen) atoms. The molecule has 0 aliphatic heterocycles. The van der Waals surface area contributed by atoms with Gasteiger partial charge in [0.2, 0.25) is 0 Å². The zero-order valence-corrected chi connectivity index (χ0v) is 12.6. The Kier molecular flexibility index (Phi) is 7.20. The maximum atomic E-state index is 5.59. The standard InChI is InChI=1S/C15H31NO2/c1-13-6-5-7-14(12-13)16-8-9-17-10-11-18-15(2,3)4/h13-14,16H,5-12H2,1-4H3. The van der Waals surface area contributed by atoms with Crippen molar-refractivity contribution in [2.45, 2.75) is 65.0 Å². The smallest absolute Gasteiger partial charge is 0.0707 e. The van der Waals surface area contributed by atoms with Gasteiger partial charge in [-0.05, 0) is 39.5 Å². The lowest BCUT2D eigenvalue weighted by atomic mass is 9.87. The van der Waals surface area contributed by atoms with E-state index in [9.17, 15) is 0 Å². The average molecular weight is 257 g/mol. The van der Waals surface area contributed by atoms with Gasteiger partial charge in [0.15, 0.2) is 0 Å². The van der Waals surface area contributed by atoms with Crippen LogP contribution in [0.25, 0.3) is 0 Å². The topological polar surface area (TPSA) is 30.5 Å². The van der Waals surface area contributed by atoms with E-state index in [0.29, 0.717) is 19.3 Å². The van der Waals surface area contributed by atoms with E-state index in [0.717, 1.165) is 19.1 Å². The Morgan fingerprint density at radius 2 is 1.89 bits per heavy atom. The van der Waals surface area contributed by atoms with Gasteiger partial charge in [-0.25, -0.2) is 0 Å². The molecular weight excluding hydrogens is 226 g/mol. The number of hydrogen-bond donors (Lipinski definition) is 1. The number of hydrogen-bond acceptors (Lipinski definition) is 3. The summed E-state index contributed by atoms with van der Waals surface area (Å²) in [5.41, 5.74) is -0.0557. The van der Waals surface area contributed by atoms with Crippen molar-refractivity contribution in [3.05, 3.63) is 0 Å². The fraction of sp³-hybridized carbons (Fsp3) is 1.00. The highest BCUT2D eigenvalue weighted by molar-refractivity contribution is 4.75. The highest BCUT2D eigenvalue weighted by Gasteiger charge is 2.17. The summed E-state index contributed by atoms with van der Waals surface area (Å²) in [5, 5.41) is 3.59. The van der Waals surface area contributed by atoms with Crippen LogP contribution in [0.1, 0.15) is 53.4 Å². The molecule has 108 valence electrons. The second-order valence-electron chi connectivity index (χ2n) is 6.50. The van der Waals surface area contributed by atoms with Gasteiger partial charge in [0.25, 0.3) is 0 Å². The van der Waals surface area contributed by atoms with Crippen molar-refractivity contribution in [3.8, 4) is 0 Å². The lowest BCUT2D eigenvalue weighted by Gasteiger charge is -2.27. The third-order valence-electron chi connectivity index (χ3n) is 3.38. The molecule has 1 rings (SSSR count). The summed E-state index contributed by atoms with van der Waals surface area (Å²) < 4.78 is 11.2. The molecule has 2 unspecified atom stereocenters. The largest absolute Gasteiger partial charge is 0.378 e. The molecule has 0 radical (unpaired) electrons. The monoisotopic (exact) mass is 257 g/mol. The van der Waals surface area contributed by atoms with Crippen LogP contribution in [0.5, 0.6) is 0 Å². The first kappa shape index (κ1) is 15.9. The van der Waals surface area contributed by atoms with Crippen molar-refractivity contribution in [1.29, 1.82) is 0 Å². The van der Waals surface area contributed by atoms with E-state index in [4.69, 9.17) is 9.47 Å². The minimum Gasteiger partial charge on any atom is -0.378 e. The van der Waals surface area contributed by atoms with Crippen LogP contribution in [0.3, 0.4) is 0 Å². The van der Waals surface area contributed by atoms with Crippen molar-refractivity contribution in [1.82, 2.24) is 5.32 Å². The van der Waals surface area contributed by atoms with Crippen molar-refractivity contribution in [3.63, 3.8) is 0 Å². The highest BCUT2D eigenvalue weighted by atomic mass is 16.5. The van der Waals surface area contributed by atoms with Gasteiger partial charge in [-0.1, -0.05) is 19.8 Å². The van der Waals surface area contributed by atoms with Gasteiger partial charge in [-0.3, -0.25) is 0 Å². The zero-order valence-electron chi connectivity index (χ0n) is 12.6. The fourth-order valence-corrected chi connectivity index (χ4v) is 2.46. The van der Waals surface area contributed by atoms with Gasteiger partial charge in [-0.15, -0.1) is 0 Å². The Hall–Kier alpha value is -0.120. The first-order valence-electron chi connectivity index (χ1n) is 7.42. The summed E-state index contributed by atoms with van der Waals surface area (Å²) in [7, 11) is 0. The number of nitrogens with one attached hydrogen (secondary N) is 1. The van der Waals surface area contributed by atoms with Gasteiger partial charge in [0.1, 0.15) is 0 Å². The average Bonchev–Trinajstić information content (AvgIpc) is 2.26. The molecule has 0 heterocycles. The molecule has 1 fully saturated rings. The van der Waals surface area contributed by atoms with Crippen molar-refractivity contribution in [2.75, 3.05) is 26.4 Å². The molecule has 3 heteroatoms. The van der Waals surface area contributed by atoms with Crippen LogP contribution in [0, 0.1) is 5.92 Å². The normalized spacial score (nSPS) is 25.3. The molecule has 0 spiro atoms. The Morgan fingerprint density at radius 1 is 1.11 bits per heavy atom. The molecule has 2 atom stereocenters. The van der Waals surface area contributed by atoms with Gasteiger partial charge in [-0.2, -0.15) is 0 Å². The van der Waals surface area contributed by atoms with E-state index in [1.165, 1.54) is 25.7 Å². The first-order chi connectivity index (χ1) is 8.47. The van der Waals surface area contributed by atoms with E-state index in [1.807, 2.05) is 0 Å². The predicted octanol–water partition coefficient (Wildman–Crippen LogP) is 2.99. The zero-order chi connectivity index (χ0) is 13.4. The van der Waals surface area contributed by atoms with Crippen molar-refractivity contribution in [2.24, 2.45) is 5.92 Å². The Bertz CT molecular complexity index is 213. The molecule has 0 saturated heterocycles. The van der Waals surface area contributed by atoms with Crippen LogP contribution in [0.4, 0.5) is 0 Å². The maximum Gasteiger partial charge on any atom is 0.0707 e. The molecule has 3 nitrogen and oxygen atoms in total. The Balaban J connectivity index is 1.89. The van der Waals surface area contributed by atoms with Crippen LogP contribution in [0.2, 0.25) is 0 Å². The van der Waals surface area contributed by atoms with Crippen LogP contribution in [0.15, 0.2) is 0 Å². The minimum absolute atomic E-state index is 0.0557. The van der Waals surface area contributed by atoms with Crippen LogP contribution in [-0.4, -0.2) is 38.0 Å². The summed E-state index contributed by atoms with van der Waals surface area (Å²) in [5.74, 6) is 0.886. The van der Waals surface area contributed by atoms with Crippen LogP contribution < -0.4 is 5.32 Å². The molecule has 1 aliphatic carbocycles. The van der Waals surface area contributed by atoms with E-state index >= 15 is 0 Å². The second-order valence-corrected chi connectivity index (χ2v) is 6.50. The van der Waals surface area contributed by atoms with Crippen LogP contribution >= 0.6 is 0 Å². The third-order valence-corrected chi connectivity index (χ3v) is 3.38. The number of rotatable bonds is 7. The molecule has 1 aliphatic rings. The molecule has 0 bridgehead atoms. The molecular formula is C15H31NO2. The molecule has 0 aromatic rings. The summed E-state index contributed by atoms with van der Waals surface area (Å²) >= 11 is 0. The number of ether oxygens (including phenoxy) is 2. The highest BCUT2D eigenvalue weighted by Crippen LogP contribution is 2.23. The SMILES string of the molecule is CC1CCCC(NCCOCCOC(C)(C)C)C1. The maximum absolute atomic E-state index is 5.59. The molecule has 1 N–H and O–H groups in total. The first-order valence-corrected chi connectivity index (χ1v) is 7.42. The van der Waals surface area contributed by atoms with Crippen LogP contribution in [-0.2, 0) is 9.47 Å².